The summed E-state index contributed by atoms with van der Waals surface area (Å²) in [5.41, 5.74) is 7.58. The molecule has 0 aromatic carbocycles. The van der Waals surface area contributed by atoms with E-state index in [4.69, 9.17) is 15.1 Å². The molecule has 2 aromatic rings. The highest BCUT2D eigenvalue weighted by atomic mass is 15.3. The molecule has 2 saturated heterocycles. The van der Waals surface area contributed by atoms with Gasteiger partial charge in [0.1, 0.15) is 0 Å². The van der Waals surface area contributed by atoms with Crippen molar-refractivity contribution in [2.45, 2.75) is 78.0 Å². The average molecular weight is 393 g/mol. The van der Waals surface area contributed by atoms with Crippen LogP contribution < -0.4 is 4.90 Å². The topological polar surface area (TPSA) is 50.1 Å². The zero-order chi connectivity index (χ0) is 20.1. The van der Waals surface area contributed by atoms with E-state index in [2.05, 4.69) is 48.0 Å². The van der Waals surface area contributed by atoms with Gasteiger partial charge >= 0.3 is 0 Å². The van der Waals surface area contributed by atoms with Gasteiger partial charge in [-0.3, -0.25) is 9.58 Å². The van der Waals surface area contributed by atoms with E-state index in [1.807, 2.05) is 0 Å². The maximum Gasteiger partial charge on any atom is 0.225 e. The van der Waals surface area contributed by atoms with Crippen molar-refractivity contribution in [3.63, 3.8) is 0 Å². The van der Waals surface area contributed by atoms with Crippen molar-refractivity contribution in [1.29, 1.82) is 0 Å². The van der Waals surface area contributed by atoms with E-state index in [1.54, 1.807) is 0 Å². The first-order valence-electron chi connectivity index (χ1n) is 11.0. The van der Waals surface area contributed by atoms with Crippen molar-refractivity contribution < 1.29 is 0 Å². The van der Waals surface area contributed by atoms with Gasteiger partial charge in [0.25, 0.3) is 0 Å². The fraction of sp³-hybridized carbons (Fsp3) is 0.609. The molecule has 3 aliphatic rings. The van der Waals surface area contributed by atoms with Crippen LogP contribution in [0.2, 0.25) is 0 Å². The Labute approximate surface area is 173 Å². The zero-order valence-electron chi connectivity index (χ0n) is 18.0. The zero-order valence-corrected chi connectivity index (χ0v) is 18.0. The normalized spacial score (nSPS) is 23.6. The van der Waals surface area contributed by atoms with Gasteiger partial charge < -0.3 is 4.90 Å². The van der Waals surface area contributed by atoms with Gasteiger partial charge in [-0.1, -0.05) is 12.2 Å². The smallest absolute Gasteiger partial charge is 0.225 e. The number of hydrogen-bond donors (Lipinski definition) is 0. The number of allylic oxidation sites excluding steroid dienone is 1. The number of aromatic nitrogens is 4. The second-order valence-corrected chi connectivity index (χ2v) is 9.15. The Morgan fingerprint density at radius 3 is 2.76 bits per heavy atom. The van der Waals surface area contributed by atoms with Gasteiger partial charge in [-0.05, 0) is 46.5 Å². The molecular formula is C23H32N6. The summed E-state index contributed by atoms with van der Waals surface area (Å²) in [4.78, 5) is 14.8. The Kier molecular flexibility index (Phi) is 4.69. The summed E-state index contributed by atoms with van der Waals surface area (Å²) < 4.78 is 2.11. The van der Waals surface area contributed by atoms with Crippen molar-refractivity contribution in [3.8, 4) is 0 Å². The lowest BCUT2D eigenvalue weighted by Gasteiger charge is -2.36. The fourth-order valence-corrected chi connectivity index (χ4v) is 5.43. The maximum absolute atomic E-state index is 5.01. The summed E-state index contributed by atoms with van der Waals surface area (Å²) in [5, 5.41) is 4.79. The second-order valence-electron chi connectivity index (χ2n) is 9.15. The van der Waals surface area contributed by atoms with Crippen molar-refractivity contribution in [1.82, 2.24) is 24.6 Å². The number of anilines is 1. The molecule has 0 saturated carbocycles. The monoisotopic (exact) mass is 392 g/mol. The molecule has 5 rings (SSSR count). The summed E-state index contributed by atoms with van der Waals surface area (Å²) in [7, 11) is 0. The first-order valence-corrected chi connectivity index (χ1v) is 11.0. The minimum atomic E-state index is 0.444. The molecule has 5 heterocycles. The Bertz CT molecular complexity index is 939. The van der Waals surface area contributed by atoms with Gasteiger partial charge in [0.05, 0.1) is 17.9 Å². The van der Waals surface area contributed by atoms with Crippen molar-refractivity contribution >= 4 is 5.95 Å². The van der Waals surface area contributed by atoms with E-state index in [1.165, 1.54) is 48.2 Å². The van der Waals surface area contributed by atoms with Crippen LogP contribution in [0, 0.1) is 13.8 Å². The highest BCUT2D eigenvalue weighted by molar-refractivity contribution is 5.38. The summed E-state index contributed by atoms with van der Waals surface area (Å²) in [6.07, 6.45) is 8.15. The molecule has 6 heteroatoms. The predicted molar refractivity (Wildman–Crippen MR) is 115 cm³/mol. The molecule has 6 nitrogen and oxygen atoms in total. The van der Waals surface area contributed by atoms with Crippen molar-refractivity contribution in [2.24, 2.45) is 0 Å². The van der Waals surface area contributed by atoms with Gasteiger partial charge in [-0.2, -0.15) is 5.10 Å². The highest BCUT2D eigenvalue weighted by Gasteiger charge is 2.41. The van der Waals surface area contributed by atoms with E-state index in [0.29, 0.717) is 12.1 Å². The molecule has 0 radical (unpaired) electrons. The molecule has 0 amide bonds. The average Bonchev–Trinajstić information content (AvgIpc) is 3.37. The number of rotatable bonds is 5. The lowest BCUT2D eigenvalue weighted by Crippen LogP contribution is -2.38. The number of hydrogen-bond acceptors (Lipinski definition) is 5. The molecule has 0 N–H and O–H groups in total. The van der Waals surface area contributed by atoms with Gasteiger partial charge in [0.2, 0.25) is 5.95 Å². The fourth-order valence-electron chi connectivity index (χ4n) is 5.43. The quantitative estimate of drug-likeness (QED) is 0.726. The number of nitrogens with zero attached hydrogens (tertiary/aromatic N) is 6. The molecule has 29 heavy (non-hydrogen) atoms. The van der Waals surface area contributed by atoms with Crippen LogP contribution in [0.1, 0.15) is 66.9 Å². The SMILES string of the molecule is C=C(C)Cn1nc(C)c(CN2[C@H]3CC[C@@H]2c2cnc(N4CCCC4)nc2C3)c1C. The van der Waals surface area contributed by atoms with E-state index in [9.17, 15) is 0 Å². The summed E-state index contributed by atoms with van der Waals surface area (Å²) in [5.74, 6) is 0.946. The van der Waals surface area contributed by atoms with E-state index in [0.717, 1.165) is 49.8 Å². The molecule has 2 fully saturated rings. The Morgan fingerprint density at radius 1 is 1.21 bits per heavy atom. The molecule has 2 aromatic heterocycles. The summed E-state index contributed by atoms with van der Waals surface area (Å²) in [6.45, 7) is 14.4. The third-order valence-electron chi connectivity index (χ3n) is 7.00. The van der Waals surface area contributed by atoms with Gasteiger partial charge in [0.15, 0.2) is 0 Å². The summed E-state index contributed by atoms with van der Waals surface area (Å²) in [6, 6.07) is 1.02. The first kappa shape index (κ1) is 18.8. The van der Waals surface area contributed by atoms with Crippen LogP contribution in [0.15, 0.2) is 18.3 Å². The Hall–Kier alpha value is -2.21. The predicted octanol–water partition coefficient (Wildman–Crippen LogP) is 3.73. The second kappa shape index (κ2) is 7.24. The number of fused-ring (bicyclic) bond motifs is 4. The summed E-state index contributed by atoms with van der Waals surface area (Å²) >= 11 is 0. The van der Waals surface area contributed by atoms with Crippen LogP contribution in [0.25, 0.3) is 0 Å². The molecule has 0 unspecified atom stereocenters. The minimum absolute atomic E-state index is 0.444. The third-order valence-corrected chi connectivity index (χ3v) is 7.00. The van der Waals surface area contributed by atoms with Crippen LogP contribution in [-0.2, 0) is 19.5 Å². The molecule has 3 aliphatic heterocycles. The van der Waals surface area contributed by atoms with Gasteiger partial charge in [-0.25, -0.2) is 9.97 Å². The van der Waals surface area contributed by atoms with Crippen LogP contribution >= 0.6 is 0 Å². The highest BCUT2D eigenvalue weighted by Crippen LogP contribution is 2.44. The number of aryl methyl sites for hydroxylation is 1. The largest absolute Gasteiger partial charge is 0.341 e. The van der Waals surface area contributed by atoms with Crippen LogP contribution in [0.5, 0.6) is 0 Å². The Morgan fingerprint density at radius 2 is 2.00 bits per heavy atom. The van der Waals surface area contributed by atoms with Gasteiger partial charge in [-0.15, -0.1) is 0 Å². The molecule has 154 valence electrons. The molecule has 0 spiro atoms. The van der Waals surface area contributed by atoms with Crippen LogP contribution in [0.4, 0.5) is 5.95 Å². The minimum Gasteiger partial charge on any atom is -0.341 e. The van der Waals surface area contributed by atoms with Crippen LogP contribution in [-0.4, -0.2) is 43.8 Å². The Balaban J connectivity index is 1.40. The van der Waals surface area contributed by atoms with Crippen molar-refractivity contribution in [2.75, 3.05) is 18.0 Å². The lowest BCUT2D eigenvalue weighted by molar-refractivity contribution is 0.165. The molecule has 2 atom stereocenters. The molecule has 2 bridgehead atoms. The first-order chi connectivity index (χ1) is 14.0. The van der Waals surface area contributed by atoms with Gasteiger partial charge in [0, 0.05) is 61.2 Å². The third kappa shape index (κ3) is 3.27. The van der Waals surface area contributed by atoms with E-state index < -0.39 is 0 Å². The standard InChI is InChI=1S/C23H32N6/c1-15(2)13-29-17(4)20(16(3)26-29)14-28-18-7-8-22(28)19-12-24-23(25-21(19)11-18)27-9-5-6-10-27/h12,18,22H,1,5-11,13-14H2,2-4H3/t18-,22+/m0/s1. The maximum atomic E-state index is 5.01. The van der Waals surface area contributed by atoms with Crippen molar-refractivity contribution in [3.05, 3.63) is 46.6 Å². The lowest BCUT2D eigenvalue weighted by atomic mass is 9.98. The van der Waals surface area contributed by atoms with E-state index in [-0.39, 0.29) is 0 Å². The van der Waals surface area contributed by atoms with Crippen LogP contribution in [0.3, 0.4) is 0 Å². The molecule has 0 aliphatic carbocycles. The molecular weight excluding hydrogens is 360 g/mol. The van der Waals surface area contributed by atoms with E-state index >= 15 is 0 Å².